The average molecular weight is 261 g/mol. The second-order valence-electron chi connectivity index (χ2n) is 4.31. The Labute approximate surface area is 103 Å². The van der Waals surface area contributed by atoms with E-state index in [1.165, 1.54) is 7.11 Å². The van der Waals surface area contributed by atoms with Crippen molar-refractivity contribution in [3.05, 3.63) is 29.1 Å². The van der Waals surface area contributed by atoms with Crippen molar-refractivity contribution in [1.29, 1.82) is 0 Å². The van der Waals surface area contributed by atoms with E-state index in [1.54, 1.807) is 0 Å². The zero-order valence-electron chi connectivity index (χ0n) is 10.3. The number of hydrogen-bond donors (Lipinski definition) is 0. The maximum Gasteiger partial charge on any atom is 0.433 e. The minimum atomic E-state index is -4.51. The van der Waals surface area contributed by atoms with Gasteiger partial charge in [0.25, 0.3) is 0 Å². The Bertz CT molecular complexity index is 441. The van der Waals surface area contributed by atoms with Crippen LogP contribution in [0, 0.1) is 5.92 Å². The van der Waals surface area contributed by atoms with Gasteiger partial charge in [-0.05, 0) is 24.0 Å². The van der Waals surface area contributed by atoms with Crippen molar-refractivity contribution >= 4 is 5.97 Å². The fraction of sp³-hybridized carbons (Fsp3) is 0.500. The van der Waals surface area contributed by atoms with Crippen molar-refractivity contribution in [2.24, 2.45) is 5.92 Å². The Hall–Kier alpha value is -1.59. The van der Waals surface area contributed by atoms with Crippen LogP contribution in [-0.2, 0) is 17.3 Å². The van der Waals surface area contributed by atoms with Gasteiger partial charge in [0.05, 0.1) is 12.7 Å². The monoisotopic (exact) mass is 261 g/mol. The Kier molecular flexibility index (Phi) is 4.32. The van der Waals surface area contributed by atoms with Crippen LogP contribution in [0.1, 0.15) is 35.5 Å². The molecule has 18 heavy (non-hydrogen) atoms. The van der Waals surface area contributed by atoms with E-state index < -0.39 is 17.8 Å². The van der Waals surface area contributed by atoms with E-state index in [1.807, 2.05) is 13.8 Å². The lowest BCUT2D eigenvalue weighted by molar-refractivity contribution is -0.141. The number of carbonyl (C=O) groups excluding carboxylic acids is 1. The van der Waals surface area contributed by atoms with Gasteiger partial charge in [0.1, 0.15) is 5.69 Å². The first-order valence-electron chi connectivity index (χ1n) is 5.40. The molecule has 0 aromatic carbocycles. The van der Waals surface area contributed by atoms with Gasteiger partial charge in [-0.1, -0.05) is 13.8 Å². The molecule has 0 unspecified atom stereocenters. The summed E-state index contributed by atoms with van der Waals surface area (Å²) in [6.07, 6.45) is -3.23. The van der Waals surface area contributed by atoms with E-state index in [0.717, 1.165) is 12.3 Å². The first kappa shape index (κ1) is 14.5. The molecule has 1 rings (SSSR count). The molecule has 0 amide bonds. The summed E-state index contributed by atoms with van der Waals surface area (Å²) < 4.78 is 42.1. The van der Waals surface area contributed by atoms with Crippen LogP contribution >= 0.6 is 0 Å². The number of hydrogen-bond acceptors (Lipinski definition) is 3. The summed E-state index contributed by atoms with van der Waals surface area (Å²) in [6.45, 7) is 3.71. The zero-order chi connectivity index (χ0) is 13.9. The highest BCUT2D eigenvalue weighted by molar-refractivity contribution is 5.90. The normalized spacial score (nSPS) is 11.7. The number of nitrogens with zero attached hydrogens (tertiary/aromatic N) is 1. The number of halogens is 3. The van der Waals surface area contributed by atoms with Crippen LogP contribution in [-0.4, -0.2) is 18.1 Å². The second kappa shape index (κ2) is 5.37. The van der Waals surface area contributed by atoms with Gasteiger partial charge in [-0.25, -0.2) is 4.79 Å². The van der Waals surface area contributed by atoms with Gasteiger partial charge in [-0.15, -0.1) is 0 Å². The molecule has 0 fully saturated rings. The van der Waals surface area contributed by atoms with Crippen LogP contribution in [0.25, 0.3) is 0 Å². The summed E-state index contributed by atoms with van der Waals surface area (Å²) in [5.41, 5.74) is -0.607. The molecular formula is C12H14F3NO2. The molecule has 0 radical (unpaired) electrons. The third-order valence-corrected chi connectivity index (χ3v) is 2.31. The molecule has 0 spiro atoms. The van der Waals surface area contributed by atoms with Crippen molar-refractivity contribution in [3.63, 3.8) is 0 Å². The highest BCUT2D eigenvalue weighted by Gasteiger charge is 2.33. The Morgan fingerprint density at radius 3 is 2.50 bits per heavy atom. The number of aromatic nitrogens is 1. The standard InChI is InChI=1S/C12H14F3NO2/c1-7(2)4-8-5-10(12(13,14)15)16-6-9(8)11(17)18-3/h5-7H,4H2,1-3H3. The quantitative estimate of drug-likeness (QED) is 0.785. The molecule has 0 N–H and O–H groups in total. The van der Waals surface area contributed by atoms with Gasteiger partial charge in [0, 0.05) is 6.20 Å². The lowest BCUT2D eigenvalue weighted by atomic mass is 9.98. The Morgan fingerprint density at radius 2 is 2.06 bits per heavy atom. The van der Waals surface area contributed by atoms with Gasteiger partial charge in [-0.3, -0.25) is 4.98 Å². The third kappa shape index (κ3) is 3.45. The van der Waals surface area contributed by atoms with Crippen molar-refractivity contribution < 1.29 is 22.7 Å². The van der Waals surface area contributed by atoms with Crippen molar-refractivity contribution in [3.8, 4) is 0 Å². The first-order valence-corrected chi connectivity index (χ1v) is 5.40. The number of methoxy groups -OCH3 is 1. The number of carbonyl (C=O) groups is 1. The fourth-order valence-electron chi connectivity index (χ4n) is 1.55. The van der Waals surface area contributed by atoms with Crippen molar-refractivity contribution in [2.45, 2.75) is 26.4 Å². The van der Waals surface area contributed by atoms with Crippen molar-refractivity contribution in [1.82, 2.24) is 4.98 Å². The minimum absolute atomic E-state index is 0.0826. The lowest BCUT2D eigenvalue weighted by Crippen LogP contribution is -2.14. The van der Waals surface area contributed by atoms with Gasteiger partial charge >= 0.3 is 12.1 Å². The summed E-state index contributed by atoms with van der Waals surface area (Å²) in [5, 5.41) is 0. The van der Waals surface area contributed by atoms with Crippen LogP contribution in [0.4, 0.5) is 13.2 Å². The first-order chi connectivity index (χ1) is 8.25. The minimum Gasteiger partial charge on any atom is -0.465 e. The summed E-state index contributed by atoms with van der Waals surface area (Å²) in [6, 6.07) is 0.909. The largest absolute Gasteiger partial charge is 0.465 e. The SMILES string of the molecule is COC(=O)c1cnc(C(F)(F)F)cc1CC(C)C. The number of rotatable bonds is 3. The average Bonchev–Trinajstić information content (AvgIpc) is 2.26. The maximum atomic E-state index is 12.5. The number of pyridine rings is 1. The molecule has 1 heterocycles. The van der Waals surface area contributed by atoms with E-state index in [-0.39, 0.29) is 11.5 Å². The lowest BCUT2D eigenvalue weighted by Gasteiger charge is -2.13. The van der Waals surface area contributed by atoms with Crippen LogP contribution in [0.15, 0.2) is 12.3 Å². The van der Waals surface area contributed by atoms with Crippen LogP contribution < -0.4 is 0 Å². The van der Waals surface area contributed by atoms with Gasteiger partial charge in [0.2, 0.25) is 0 Å². The van der Waals surface area contributed by atoms with E-state index in [4.69, 9.17) is 0 Å². The molecule has 0 aliphatic rings. The molecular weight excluding hydrogens is 247 g/mol. The van der Waals surface area contributed by atoms with Crippen LogP contribution in [0.2, 0.25) is 0 Å². The molecule has 6 heteroatoms. The van der Waals surface area contributed by atoms with E-state index in [0.29, 0.717) is 12.0 Å². The van der Waals surface area contributed by atoms with Gasteiger partial charge in [0.15, 0.2) is 0 Å². The smallest absolute Gasteiger partial charge is 0.433 e. The molecule has 1 aromatic heterocycles. The number of esters is 1. The predicted molar refractivity (Wildman–Crippen MR) is 59.1 cm³/mol. The highest BCUT2D eigenvalue weighted by Crippen LogP contribution is 2.29. The van der Waals surface area contributed by atoms with Gasteiger partial charge < -0.3 is 4.74 Å². The molecule has 0 saturated carbocycles. The van der Waals surface area contributed by atoms with Crippen LogP contribution in [0.5, 0.6) is 0 Å². The predicted octanol–water partition coefficient (Wildman–Crippen LogP) is 3.09. The maximum absolute atomic E-state index is 12.5. The van der Waals surface area contributed by atoms with E-state index in [9.17, 15) is 18.0 Å². The molecule has 3 nitrogen and oxygen atoms in total. The molecule has 0 aliphatic heterocycles. The summed E-state index contributed by atoms with van der Waals surface area (Å²) in [4.78, 5) is 14.7. The molecule has 0 atom stereocenters. The van der Waals surface area contributed by atoms with Crippen molar-refractivity contribution in [2.75, 3.05) is 7.11 Å². The molecule has 100 valence electrons. The van der Waals surface area contributed by atoms with E-state index in [2.05, 4.69) is 9.72 Å². The number of ether oxygens (including phenoxy) is 1. The Balaban J connectivity index is 3.24. The second-order valence-corrected chi connectivity index (χ2v) is 4.31. The molecule has 0 aliphatic carbocycles. The molecule has 0 bridgehead atoms. The molecule has 1 aromatic rings. The Morgan fingerprint density at radius 1 is 1.44 bits per heavy atom. The summed E-state index contributed by atoms with van der Waals surface area (Å²) >= 11 is 0. The number of alkyl halides is 3. The topological polar surface area (TPSA) is 39.2 Å². The van der Waals surface area contributed by atoms with Crippen LogP contribution in [0.3, 0.4) is 0 Å². The zero-order valence-corrected chi connectivity index (χ0v) is 10.3. The highest BCUT2D eigenvalue weighted by atomic mass is 19.4. The van der Waals surface area contributed by atoms with E-state index >= 15 is 0 Å². The summed E-state index contributed by atoms with van der Waals surface area (Å²) in [7, 11) is 1.18. The third-order valence-electron chi connectivity index (χ3n) is 2.31. The summed E-state index contributed by atoms with van der Waals surface area (Å²) in [5.74, 6) is -0.552. The molecule has 0 saturated heterocycles. The van der Waals surface area contributed by atoms with Gasteiger partial charge in [-0.2, -0.15) is 13.2 Å². The fourth-order valence-corrected chi connectivity index (χ4v) is 1.55.